The van der Waals surface area contributed by atoms with Gasteiger partial charge in [-0.25, -0.2) is 4.79 Å². The third kappa shape index (κ3) is 11.3. The van der Waals surface area contributed by atoms with E-state index in [0.717, 1.165) is 25.7 Å². The Balaban J connectivity index is 4.11. The number of carbonyl (C=O) groups is 2. The van der Waals surface area contributed by atoms with Gasteiger partial charge in [-0.15, -0.1) is 0 Å². The molecule has 5 heteroatoms. The van der Waals surface area contributed by atoms with Gasteiger partial charge in [0.2, 0.25) is 5.91 Å². The van der Waals surface area contributed by atoms with Gasteiger partial charge in [0, 0.05) is 17.0 Å². The summed E-state index contributed by atoms with van der Waals surface area (Å²) in [6.45, 7) is 17.5. The Morgan fingerprint density at radius 3 is 1.96 bits per heavy atom. The van der Waals surface area contributed by atoms with Crippen LogP contribution in [0.3, 0.4) is 0 Å². The zero-order chi connectivity index (χ0) is 19.2. The minimum absolute atomic E-state index is 0.0614. The third-order valence-electron chi connectivity index (χ3n) is 3.56. The molecule has 0 radical (unpaired) electrons. The molecule has 142 valence electrons. The van der Waals surface area contributed by atoms with E-state index in [2.05, 4.69) is 10.6 Å². The first-order valence-corrected chi connectivity index (χ1v) is 8.94. The first-order chi connectivity index (χ1) is 10.6. The van der Waals surface area contributed by atoms with Crippen LogP contribution < -0.4 is 10.6 Å². The summed E-state index contributed by atoms with van der Waals surface area (Å²) in [5.74, 6) is 0.0925. The lowest BCUT2D eigenvalue weighted by Gasteiger charge is -2.29. The molecule has 0 heterocycles. The van der Waals surface area contributed by atoms with Gasteiger partial charge in [0.25, 0.3) is 0 Å². The van der Waals surface area contributed by atoms with Gasteiger partial charge in [-0.2, -0.15) is 0 Å². The molecular formula is C19H38N2O3. The van der Waals surface area contributed by atoms with Gasteiger partial charge in [0.15, 0.2) is 0 Å². The molecule has 5 nitrogen and oxygen atoms in total. The van der Waals surface area contributed by atoms with E-state index in [-0.39, 0.29) is 29.0 Å². The van der Waals surface area contributed by atoms with Crippen molar-refractivity contribution in [3.63, 3.8) is 0 Å². The van der Waals surface area contributed by atoms with Crippen molar-refractivity contribution >= 4 is 12.0 Å². The molecule has 1 atom stereocenters. The van der Waals surface area contributed by atoms with Gasteiger partial charge >= 0.3 is 6.09 Å². The minimum atomic E-state index is -0.478. The number of ether oxygens (including phenoxy) is 1. The van der Waals surface area contributed by atoms with Crippen molar-refractivity contribution < 1.29 is 14.3 Å². The molecule has 0 aromatic rings. The van der Waals surface area contributed by atoms with Gasteiger partial charge in [-0.3, -0.25) is 4.79 Å². The van der Waals surface area contributed by atoms with Gasteiger partial charge in [-0.05, 0) is 61.3 Å². The lowest BCUT2D eigenvalue weighted by molar-refractivity contribution is -0.131. The number of carbonyl (C=O) groups excluding carboxylic acids is 2. The average molecular weight is 343 g/mol. The highest BCUT2D eigenvalue weighted by atomic mass is 16.6. The van der Waals surface area contributed by atoms with Crippen molar-refractivity contribution in [2.75, 3.05) is 0 Å². The van der Waals surface area contributed by atoms with Crippen LogP contribution in [0, 0.1) is 5.41 Å². The fourth-order valence-electron chi connectivity index (χ4n) is 2.22. The lowest BCUT2D eigenvalue weighted by atomic mass is 9.85. The van der Waals surface area contributed by atoms with Crippen molar-refractivity contribution in [1.82, 2.24) is 10.6 Å². The molecule has 0 aliphatic carbocycles. The molecular weight excluding hydrogens is 304 g/mol. The van der Waals surface area contributed by atoms with E-state index in [1.165, 1.54) is 0 Å². The van der Waals surface area contributed by atoms with Crippen LogP contribution in [0.25, 0.3) is 0 Å². The zero-order valence-electron chi connectivity index (χ0n) is 17.1. The van der Waals surface area contributed by atoms with Crippen molar-refractivity contribution in [3.05, 3.63) is 0 Å². The van der Waals surface area contributed by atoms with Crippen LogP contribution in [-0.4, -0.2) is 29.2 Å². The van der Waals surface area contributed by atoms with Gasteiger partial charge in [0.05, 0.1) is 0 Å². The van der Waals surface area contributed by atoms with Crippen molar-refractivity contribution in [1.29, 1.82) is 0 Å². The van der Waals surface area contributed by atoms with E-state index in [1.807, 2.05) is 62.3 Å². The van der Waals surface area contributed by atoms with Gasteiger partial charge < -0.3 is 15.4 Å². The predicted molar refractivity (Wildman–Crippen MR) is 99.0 cm³/mol. The Labute approximate surface area is 148 Å². The van der Waals surface area contributed by atoms with Crippen LogP contribution in [0.15, 0.2) is 0 Å². The third-order valence-corrected chi connectivity index (χ3v) is 3.56. The number of unbranched alkanes of at least 4 members (excludes halogenated alkanes) is 1. The average Bonchev–Trinajstić information content (AvgIpc) is 2.29. The topological polar surface area (TPSA) is 67.4 Å². The summed E-state index contributed by atoms with van der Waals surface area (Å²) in [7, 11) is 0. The minimum Gasteiger partial charge on any atom is -0.444 e. The number of hydrogen-bond acceptors (Lipinski definition) is 3. The molecule has 2 N–H and O–H groups in total. The summed E-state index contributed by atoms with van der Waals surface area (Å²) < 4.78 is 5.24. The van der Waals surface area contributed by atoms with Crippen LogP contribution in [-0.2, 0) is 9.53 Å². The standard InChI is InChI=1S/C19H38N2O3/c1-14(20-16(23)24-18(5,6)7)12-10-11-13-19(8,9)15(22)21-17(2,3)4/h14H,10-13H2,1-9H3,(H,20,23)(H,21,22). The Hall–Kier alpha value is -1.26. The van der Waals surface area contributed by atoms with E-state index in [9.17, 15) is 9.59 Å². The molecule has 0 saturated carbocycles. The molecule has 0 bridgehead atoms. The summed E-state index contributed by atoms with van der Waals surface area (Å²) in [4.78, 5) is 24.0. The summed E-state index contributed by atoms with van der Waals surface area (Å²) in [6, 6.07) is 0.0614. The number of alkyl carbamates (subject to hydrolysis) is 1. The number of amides is 2. The normalized spacial score (nSPS) is 14.0. The second-order valence-electron chi connectivity index (χ2n) is 9.38. The molecule has 0 fully saturated rings. The van der Waals surface area contributed by atoms with Gasteiger partial charge in [-0.1, -0.05) is 26.7 Å². The molecule has 0 saturated heterocycles. The second kappa shape index (κ2) is 8.72. The van der Waals surface area contributed by atoms with Crippen LogP contribution >= 0.6 is 0 Å². The molecule has 0 rings (SSSR count). The molecule has 0 aromatic carbocycles. The smallest absolute Gasteiger partial charge is 0.407 e. The number of rotatable bonds is 7. The summed E-state index contributed by atoms with van der Waals surface area (Å²) >= 11 is 0. The highest BCUT2D eigenvalue weighted by Gasteiger charge is 2.29. The van der Waals surface area contributed by atoms with Crippen LogP contribution in [0.1, 0.15) is 88.0 Å². The Kier molecular flexibility index (Phi) is 8.27. The highest BCUT2D eigenvalue weighted by molar-refractivity contribution is 5.82. The molecule has 1 unspecified atom stereocenters. The zero-order valence-corrected chi connectivity index (χ0v) is 17.1. The molecule has 0 aromatic heterocycles. The van der Waals surface area contributed by atoms with Crippen LogP contribution in [0.5, 0.6) is 0 Å². The molecule has 0 aliphatic heterocycles. The molecule has 0 aliphatic rings. The monoisotopic (exact) mass is 342 g/mol. The summed E-state index contributed by atoms with van der Waals surface area (Å²) in [5.41, 5.74) is -1.07. The van der Waals surface area contributed by atoms with Crippen molar-refractivity contribution in [2.45, 2.75) is 105 Å². The van der Waals surface area contributed by atoms with E-state index < -0.39 is 5.60 Å². The van der Waals surface area contributed by atoms with E-state index in [1.54, 1.807) is 0 Å². The first kappa shape index (κ1) is 22.7. The summed E-state index contributed by atoms with van der Waals surface area (Å²) in [6.07, 6.45) is 3.23. The highest BCUT2D eigenvalue weighted by Crippen LogP contribution is 2.25. The molecule has 24 heavy (non-hydrogen) atoms. The van der Waals surface area contributed by atoms with Crippen molar-refractivity contribution in [2.24, 2.45) is 5.41 Å². The number of hydrogen-bond donors (Lipinski definition) is 2. The Morgan fingerprint density at radius 2 is 1.50 bits per heavy atom. The fourth-order valence-corrected chi connectivity index (χ4v) is 2.22. The maximum absolute atomic E-state index is 12.3. The summed E-state index contributed by atoms with van der Waals surface area (Å²) in [5, 5.41) is 5.89. The Morgan fingerprint density at radius 1 is 0.958 bits per heavy atom. The first-order valence-electron chi connectivity index (χ1n) is 8.94. The lowest BCUT2D eigenvalue weighted by Crippen LogP contribution is -2.47. The number of nitrogens with one attached hydrogen (secondary N) is 2. The van der Waals surface area contributed by atoms with Crippen molar-refractivity contribution in [3.8, 4) is 0 Å². The Bertz CT molecular complexity index is 417. The van der Waals surface area contributed by atoms with E-state index in [0.29, 0.717) is 0 Å². The van der Waals surface area contributed by atoms with E-state index in [4.69, 9.17) is 4.74 Å². The largest absolute Gasteiger partial charge is 0.444 e. The quantitative estimate of drug-likeness (QED) is 0.674. The van der Waals surface area contributed by atoms with Gasteiger partial charge in [0.1, 0.15) is 5.60 Å². The predicted octanol–water partition coefficient (Wildman–Crippen LogP) is 4.40. The van der Waals surface area contributed by atoms with E-state index >= 15 is 0 Å². The molecule has 2 amide bonds. The second-order valence-corrected chi connectivity index (χ2v) is 9.38. The van der Waals surface area contributed by atoms with Crippen LogP contribution in [0.4, 0.5) is 4.79 Å². The fraction of sp³-hybridized carbons (Fsp3) is 0.895. The maximum Gasteiger partial charge on any atom is 0.407 e. The molecule has 0 spiro atoms. The van der Waals surface area contributed by atoms with Crippen LogP contribution in [0.2, 0.25) is 0 Å². The maximum atomic E-state index is 12.3. The SMILES string of the molecule is CC(CCCCC(C)(C)C(=O)NC(C)(C)C)NC(=O)OC(C)(C)C.